The molecule has 0 radical (unpaired) electrons. The predicted octanol–water partition coefficient (Wildman–Crippen LogP) is 1.36. The summed E-state index contributed by atoms with van der Waals surface area (Å²) in [6.07, 6.45) is 3.54. The molecule has 1 heterocycles. The van der Waals surface area contributed by atoms with E-state index < -0.39 is 5.60 Å². The molecule has 0 bridgehead atoms. The van der Waals surface area contributed by atoms with Crippen LogP contribution >= 0.6 is 15.9 Å². The molecule has 6 heteroatoms. The minimum Gasteiger partial charge on any atom is -0.388 e. The molecule has 18 heavy (non-hydrogen) atoms. The minimum absolute atomic E-state index is 0.168. The molecule has 1 aromatic heterocycles. The van der Waals surface area contributed by atoms with Gasteiger partial charge in [0, 0.05) is 43.5 Å². The van der Waals surface area contributed by atoms with E-state index in [1.807, 2.05) is 0 Å². The second-order valence-electron chi connectivity index (χ2n) is 4.31. The summed E-state index contributed by atoms with van der Waals surface area (Å²) in [5.74, 6) is -0.263. The van der Waals surface area contributed by atoms with Gasteiger partial charge in [-0.05, 0) is 28.9 Å². The van der Waals surface area contributed by atoms with E-state index >= 15 is 0 Å². The number of carbonyl (C=O) groups is 1. The lowest BCUT2D eigenvalue weighted by atomic mass is 10.0. The lowest BCUT2D eigenvalue weighted by Crippen LogP contribution is -2.41. The lowest BCUT2D eigenvalue weighted by molar-refractivity contribution is 0.0243. The molecule has 1 rings (SSSR count). The molecule has 0 saturated heterocycles. The molecule has 1 aromatic rings. The molecule has 2 N–H and O–H groups in total. The van der Waals surface area contributed by atoms with Crippen LogP contribution in [0.5, 0.6) is 0 Å². The molecule has 100 valence electrons. The highest BCUT2D eigenvalue weighted by molar-refractivity contribution is 9.10. The van der Waals surface area contributed by atoms with Gasteiger partial charge in [-0.3, -0.25) is 9.78 Å². The van der Waals surface area contributed by atoms with Crippen LogP contribution in [0.1, 0.15) is 23.7 Å². The summed E-state index contributed by atoms with van der Waals surface area (Å²) in [4.78, 5) is 15.7. The van der Waals surface area contributed by atoms with E-state index in [4.69, 9.17) is 4.74 Å². The summed E-state index contributed by atoms with van der Waals surface area (Å²) in [5, 5.41) is 12.6. The molecule has 0 aliphatic rings. The number of methoxy groups -OCH3 is 1. The summed E-state index contributed by atoms with van der Waals surface area (Å²) in [6, 6.07) is 1.67. The van der Waals surface area contributed by atoms with Crippen molar-refractivity contribution < 1.29 is 14.6 Å². The number of hydrogen-bond donors (Lipinski definition) is 2. The van der Waals surface area contributed by atoms with Gasteiger partial charge in [0.2, 0.25) is 0 Å². The van der Waals surface area contributed by atoms with Crippen molar-refractivity contribution in [2.75, 3.05) is 20.3 Å². The van der Waals surface area contributed by atoms with Gasteiger partial charge in [0.25, 0.3) is 5.91 Å². The molecule has 0 spiro atoms. The molecule has 0 aromatic carbocycles. The summed E-state index contributed by atoms with van der Waals surface area (Å²) in [7, 11) is 1.57. The maximum atomic E-state index is 11.8. The van der Waals surface area contributed by atoms with Gasteiger partial charge < -0.3 is 15.2 Å². The van der Waals surface area contributed by atoms with E-state index in [9.17, 15) is 9.90 Å². The van der Waals surface area contributed by atoms with Crippen LogP contribution in [0.2, 0.25) is 0 Å². The van der Waals surface area contributed by atoms with Gasteiger partial charge in [-0.1, -0.05) is 0 Å². The Morgan fingerprint density at radius 2 is 2.33 bits per heavy atom. The number of hydrogen-bond acceptors (Lipinski definition) is 4. The number of nitrogens with zero attached hydrogens (tertiary/aromatic N) is 1. The SMILES string of the molecule is COCCC(C)(O)CNC(=O)c1cncc(Br)c1. The van der Waals surface area contributed by atoms with E-state index in [-0.39, 0.29) is 12.5 Å². The average Bonchev–Trinajstić information content (AvgIpc) is 2.34. The van der Waals surface area contributed by atoms with Gasteiger partial charge in [-0.25, -0.2) is 0 Å². The van der Waals surface area contributed by atoms with Crippen molar-refractivity contribution in [3.63, 3.8) is 0 Å². The van der Waals surface area contributed by atoms with E-state index in [1.54, 1.807) is 26.3 Å². The fourth-order valence-electron chi connectivity index (χ4n) is 1.32. The number of aliphatic hydroxyl groups is 1. The van der Waals surface area contributed by atoms with Crippen LogP contribution in [0.15, 0.2) is 22.9 Å². The standard InChI is InChI=1S/C12H17BrN2O3/c1-12(17,3-4-18-2)8-15-11(16)9-5-10(13)7-14-6-9/h5-7,17H,3-4,8H2,1-2H3,(H,15,16). The number of halogens is 1. The lowest BCUT2D eigenvalue weighted by Gasteiger charge is -2.23. The van der Waals surface area contributed by atoms with Crippen LogP contribution in [0.4, 0.5) is 0 Å². The third-order valence-electron chi connectivity index (χ3n) is 2.44. The van der Waals surface area contributed by atoms with E-state index in [0.29, 0.717) is 18.6 Å². The van der Waals surface area contributed by atoms with E-state index in [2.05, 4.69) is 26.2 Å². The van der Waals surface area contributed by atoms with Crippen molar-refractivity contribution in [2.24, 2.45) is 0 Å². The van der Waals surface area contributed by atoms with Crippen LogP contribution in [0.3, 0.4) is 0 Å². The number of amides is 1. The first-order chi connectivity index (χ1) is 8.44. The highest BCUT2D eigenvalue weighted by Crippen LogP contribution is 2.11. The molecule has 1 amide bonds. The first-order valence-electron chi connectivity index (χ1n) is 5.55. The number of carbonyl (C=O) groups excluding carboxylic acids is 1. The van der Waals surface area contributed by atoms with Crippen molar-refractivity contribution in [3.8, 4) is 0 Å². The van der Waals surface area contributed by atoms with Gasteiger partial charge in [0.15, 0.2) is 0 Å². The van der Waals surface area contributed by atoms with Crippen LogP contribution in [0, 0.1) is 0 Å². The third kappa shape index (κ3) is 5.12. The van der Waals surface area contributed by atoms with Gasteiger partial charge in [0.05, 0.1) is 11.2 Å². The van der Waals surface area contributed by atoms with Crippen LogP contribution in [-0.2, 0) is 4.74 Å². The number of ether oxygens (including phenoxy) is 1. The monoisotopic (exact) mass is 316 g/mol. The first-order valence-corrected chi connectivity index (χ1v) is 6.34. The van der Waals surface area contributed by atoms with Crippen LogP contribution in [0.25, 0.3) is 0 Å². The molecule has 0 saturated carbocycles. The van der Waals surface area contributed by atoms with E-state index in [0.717, 1.165) is 4.47 Å². The molecule has 0 aliphatic carbocycles. The molecule has 1 atom stereocenters. The average molecular weight is 317 g/mol. The highest BCUT2D eigenvalue weighted by atomic mass is 79.9. The van der Waals surface area contributed by atoms with Crippen LogP contribution < -0.4 is 5.32 Å². The molecule has 0 fully saturated rings. The Balaban J connectivity index is 2.50. The number of nitrogens with one attached hydrogen (secondary N) is 1. The van der Waals surface area contributed by atoms with Crippen molar-refractivity contribution >= 4 is 21.8 Å². The maximum absolute atomic E-state index is 11.8. The Morgan fingerprint density at radius 3 is 2.94 bits per heavy atom. The molecular formula is C12H17BrN2O3. The van der Waals surface area contributed by atoms with Crippen molar-refractivity contribution in [1.82, 2.24) is 10.3 Å². The van der Waals surface area contributed by atoms with Gasteiger partial charge in [-0.2, -0.15) is 0 Å². The largest absolute Gasteiger partial charge is 0.388 e. The van der Waals surface area contributed by atoms with E-state index in [1.165, 1.54) is 6.20 Å². The van der Waals surface area contributed by atoms with Crippen LogP contribution in [-0.4, -0.2) is 41.9 Å². The van der Waals surface area contributed by atoms with Gasteiger partial charge in [-0.15, -0.1) is 0 Å². The number of rotatable bonds is 6. The number of aromatic nitrogens is 1. The van der Waals surface area contributed by atoms with Crippen molar-refractivity contribution in [3.05, 3.63) is 28.5 Å². The second-order valence-corrected chi connectivity index (χ2v) is 5.23. The summed E-state index contributed by atoms with van der Waals surface area (Å²) in [6.45, 7) is 2.27. The Morgan fingerprint density at radius 1 is 1.61 bits per heavy atom. The predicted molar refractivity (Wildman–Crippen MR) is 71.4 cm³/mol. The Bertz CT molecular complexity index is 410. The van der Waals surface area contributed by atoms with Crippen molar-refractivity contribution in [1.29, 1.82) is 0 Å². The first kappa shape index (κ1) is 15.1. The number of pyridine rings is 1. The molecular weight excluding hydrogens is 300 g/mol. The zero-order chi connectivity index (χ0) is 13.6. The fraction of sp³-hybridized carbons (Fsp3) is 0.500. The normalized spacial score (nSPS) is 14.0. The Hall–Kier alpha value is -0.980. The summed E-state index contributed by atoms with van der Waals surface area (Å²) >= 11 is 3.25. The summed E-state index contributed by atoms with van der Waals surface area (Å²) < 4.78 is 5.63. The second kappa shape index (κ2) is 6.82. The van der Waals surface area contributed by atoms with Gasteiger partial charge >= 0.3 is 0 Å². The third-order valence-corrected chi connectivity index (χ3v) is 2.88. The maximum Gasteiger partial charge on any atom is 0.252 e. The molecule has 1 unspecified atom stereocenters. The highest BCUT2D eigenvalue weighted by Gasteiger charge is 2.21. The minimum atomic E-state index is -0.981. The molecule has 0 aliphatic heterocycles. The fourth-order valence-corrected chi connectivity index (χ4v) is 1.68. The Kier molecular flexibility index (Phi) is 5.71. The zero-order valence-corrected chi connectivity index (χ0v) is 12.0. The van der Waals surface area contributed by atoms with Gasteiger partial charge in [0.1, 0.15) is 0 Å². The summed E-state index contributed by atoms with van der Waals surface area (Å²) in [5.41, 5.74) is -0.530. The smallest absolute Gasteiger partial charge is 0.252 e. The zero-order valence-electron chi connectivity index (χ0n) is 10.4. The molecule has 5 nitrogen and oxygen atoms in total. The topological polar surface area (TPSA) is 71.5 Å². The Labute approximate surface area is 115 Å². The quantitative estimate of drug-likeness (QED) is 0.831. The van der Waals surface area contributed by atoms with Crippen molar-refractivity contribution in [2.45, 2.75) is 18.9 Å².